The van der Waals surface area contributed by atoms with Crippen molar-refractivity contribution in [2.75, 3.05) is 32.7 Å². The average Bonchev–Trinajstić information content (AvgIpc) is 2.77. The van der Waals surface area contributed by atoms with Crippen LogP contribution in [0.25, 0.3) is 0 Å². The van der Waals surface area contributed by atoms with Crippen LogP contribution in [0.5, 0.6) is 0 Å². The van der Waals surface area contributed by atoms with Crippen molar-refractivity contribution in [1.29, 1.82) is 5.26 Å². The maximum Gasteiger partial charge on any atom is 0.320 e. The van der Waals surface area contributed by atoms with Crippen molar-refractivity contribution in [3.05, 3.63) is 0 Å². The molecular weight excluding hydrogens is 228 g/mol. The number of piperidine rings is 1. The summed E-state index contributed by atoms with van der Waals surface area (Å²) in [6.07, 6.45) is 4.59. The van der Waals surface area contributed by atoms with Crippen molar-refractivity contribution >= 4 is 6.03 Å². The van der Waals surface area contributed by atoms with Gasteiger partial charge in [-0.15, -0.1) is 0 Å². The molecule has 18 heavy (non-hydrogen) atoms. The monoisotopic (exact) mass is 250 g/mol. The fourth-order valence-electron chi connectivity index (χ4n) is 2.77. The molecule has 100 valence electrons. The normalized spacial score (nSPS) is 21.4. The van der Waals surface area contributed by atoms with Gasteiger partial charge in [-0.2, -0.15) is 5.26 Å². The molecule has 2 amide bonds. The smallest absolute Gasteiger partial charge is 0.320 e. The largest absolute Gasteiger partial charge is 0.323 e. The summed E-state index contributed by atoms with van der Waals surface area (Å²) in [7, 11) is 0. The average molecular weight is 250 g/mol. The number of hydrogen-bond acceptors (Lipinski definition) is 3. The minimum absolute atomic E-state index is 0.207. The van der Waals surface area contributed by atoms with E-state index in [-0.39, 0.29) is 6.03 Å². The summed E-state index contributed by atoms with van der Waals surface area (Å²) in [5, 5.41) is 11.8. The van der Waals surface area contributed by atoms with Crippen LogP contribution in [-0.2, 0) is 0 Å². The first kappa shape index (κ1) is 13.2. The molecular formula is C13H22N4O. The number of nitrogens with one attached hydrogen (secondary N) is 1. The summed E-state index contributed by atoms with van der Waals surface area (Å²) < 4.78 is 0. The number of unbranched alkanes of at least 4 members (excludes halogenated alkanes) is 2. The van der Waals surface area contributed by atoms with E-state index in [4.69, 9.17) is 5.26 Å². The molecule has 2 rings (SSSR count). The van der Waals surface area contributed by atoms with Crippen LogP contribution in [0.2, 0.25) is 0 Å². The number of urea groups is 1. The van der Waals surface area contributed by atoms with Gasteiger partial charge >= 0.3 is 6.03 Å². The molecule has 0 aromatic rings. The van der Waals surface area contributed by atoms with Crippen molar-refractivity contribution in [3.8, 4) is 6.07 Å². The predicted molar refractivity (Wildman–Crippen MR) is 69.0 cm³/mol. The topological polar surface area (TPSA) is 59.4 Å². The highest BCUT2D eigenvalue weighted by molar-refractivity contribution is 5.76. The highest BCUT2D eigenvalue weighted by atomic mass is 16.2. The Labute approximate surface area is 109 Å². The number of carbonyl (C=O) groups excluding carboxylic acids is 1. The number of hydrogen-bond donors (Lipinski definition) is 1. The molecule has 0 radical (unpaired) electrons. The maximum atomic E-state index is 12.2. The fraction of sp³-hybridized carbons (Fsp3) is 0.846. The second-order valence-corrected chi connectivity index (χ2v) is 5.06. The standard InChI is InChI=1S/C13H22N4O/c14-6-2-1-3-9-16-10-11-17(13(16)18)12-4-7-15-8-5-12/h12,15H,1-5,7-11H2. The van der Waals surface area contributed by atoms with E-state index < -0.39 is 0 Å². The van der Waals surface area contributed by atoms with Crippen molar-refractivity contribution in [2.45, 2.75) is 38.1 Å². The summed E-state index contributed by atoms with van der Waals surface area (Å²) in [6.45, 7) is 4.59. The Balaban J connectivity index is 1.76. The predicted octanol–water partition coefficient (Wildman–Crippen LogP) is 1.17. The van der Waals surface area contributed by atoms with Gasteiger partial charge in [0.1, 0.15) is 0 Å². The lowest BCUT2D eigenvalue weighted by molar-refractivity contribution is 0.165. The van der Waals surface area contributed by atoms with E-state index in [0.29, 0.717) is 12.5 Å². The number of nitriles is 1. The van der Waals surface area contributed by atoms with Crippen LogP contribution in [0.1, 0.15) is 32.1 Å². The lowest BCUT2D eigenvalue weighted by atomic mass is 10.1. The second kappa shape index (κ2) is 6.60. The first-order chi connectivity index (χ1) is 8.83. The van der Waals surface area contributed by atoms with Crippen LogP contribution in [-0.4, -0.2) is 54.6 Å². The zero-order chi connectivity index (χ0) is 12.8. The first-order valence-corrected chi connectivity index (χ1v) is 6.96. The Hall–Kier alpha value is -1.28. The molecule has 2 fully saturated rings. The Morgan fingerprint density at radius 1 is 1.28 bits per heavy atom. The Kier molecular flexibility index (Phi) is 4.82. The van der Waals surface area contributed by atoms with Crippen LogP contribution < -0.4 is 5.32 Å². The van der Waals surface area contributed by atoms with Gasteiger partial charge in [0.25, 0.3) is 0 Å². The molecule has 2 aliphatic rings. The van der Waals surface area contributed by atoms with E-state index in [1.54, 1.807) is 0 Å². The molecule has 2 aliphatic heterocycles. The van der Waals surface area contributed by atoms with Gasteiger partial charge < -0.3 is 15.1 Å². The van der Waals surface area contributed by atoms with Gasteiger partial charge in [-0.1, -0.05) is 0 Å². The van der Waals surface area contributed by atoms with E-state index in [9.17, 15) is 4.79 Å². The van der Waals surface area contributed by atoms with E-state index in [2.05, 4.69) is 11.4 Å². The molecule has 5 nitrogen and oxygen atoms in total. The van der Waals surface area contributed by atoms with E-state index in [1.807, 2.05) is 9.80 Å². The number of nitrogens with zero attached hydrogens (tertiary/aromatic N) is 3. The molecule has 2 heterocycles. The van der Waals surface area contributed by atoms with Crippen molar-refractivity contribution in [3.63, 3.8) is 0 Å². The van der Waals surface area contributed by atoms with Gasteiger partial charge in [0.05, 0.1) is 6.07 Å². The number of rotatable bonds is 5. The van der Waals surface area contributed by atoms with Crippen molar-refractivity contribution in [1.82, 2.24) is 15.1 Å². The third-order valence-corrected chi connectivity index (χ3v) is 3.84. The van der Waals surface area contributed by atoms with E-state index in [1.165, 1.54) is 0 Å². The molecule has 0 spiro atoms. The van der Waals surface area contributed by atoms with Crippen LogP contribution in [0.4, 0.5) is 4.79 Å². The van der Waals surface area contributed by atoms with E-state index >= 15 is 0 Å². The van der Waals surface area contributed by atoms with Gasteiger partial charge in [0.15, 0.2) is 0 Å². The zero-order valence-corrected chi connectivity index (χ0v) is 10.9. The highest BCUT2D eigenvalue weighted by Gasteiger charge is 2.33. The molecule has 0 bridgehead atoms. The highest BCUT2D eigenvalue weighted by Crippen LogP contribution is 2.19. The minimum atomic E-state index is 0.207. The van der Waals surface area contributed by atoms with Crippen LogP contribution in [0, 0.1) is 11.3 Å². The molecule has 0 aromatic heterocycles. The van der Waals surface area contributed by atoms with Gasteiger partial charge in [0.2, 0.25) is 0 Å². The molecule has 0 unspecified atom stereocenters. The molecule has 0 aliphatic carbocycles. The molecule has 5 heteroatoms. The first-order valence-electron chi connectivity index (χ1n) is 6.96. The third kappa shape index (κ3) is 3.14. The van der Waals surface area contributed by atoms with Gasteiger partial charge in [0, 0.05) is 32.1 Å². The van der Waals surface area contributed by atoms with Crippen LogP contribution in [0.3, 0.4) is 0 Å². The third-order valence-electron chi connectivity index (χ3n) is 3.84. The molecule has 0 atom stereocenters. The summed E-state index contributed by atoms with van der Waals surface area (Å²) in [4.78, 5) is 16.2. The summed E-state index contributed by atoms with van der Waals surface area (Å²) in [5.41, 5.74) is 0. The maximum absolute atomic E-state index is 12.2. The van der Waals surface area contributed by atoms with Crippen molar-refractivity contribution < 1.29 is 4.79 Å². The van der Waals surface area contributed by atoms with Crippen LogP contribution in [0.15, 0.2) is 0 Å². The van der Waals surface area contributed by atoms with E-state index in [0.717, 1.165) is 58.4 Å². The Bertz CT molecular complexity index is 319. The molecule has 1 N–H and O–H groups in total. The second-order valence-electron chi connectivity index (χ2n) is 5.06. The molecule has 0 saturated carbocycles. The number of amides is 2. The Morgan fingerprint density at radius 2 is 2.06 bits per heavy atom. The zero-order valence-electron chi connectivity index (χ0n) is 10.9. The fourth-order valence-corrected chi connectivity index (χ4v) is 2.77. The number of carbonyl (C=O) groups is 1. The summed E-state index contributed by atoms with van der Waals surface area (Å²) >= 11 is 0. The minimum Gasteiger partial charge on any atom is -0.323 e. The Morgan fingerprint density at radius 3 is 2.78 bits per heavy atom. The summed E-state index contributed by atoms with van der Waals surface area (Å²) in [6, 6.07) is 2.78. The quantitative estimate of drug-likeness (QED) is 0.745. The summed E-state index contributed by atoms with van der Waals surface area (Å²) in [5.74, 6) is 0. The van der Waals surface area contributed by atoms with Crippen molar-refractivity contribution in [2.24, 2.45) is 0 Å². The van der Waals surface area contributed by atoms with Gasteiger partial charge in [-0.3, -0.25) is 0 Å². The molecule has 0 aromatic carbocycles. The molecule has 2 saturated heterocycles. The van der Waals surface area contributed by atoms with Crippen LogP contribution >= 0.6 is 0 Å². The SMILES string of the molecule is N#CCCCCN1CCN(C2CCNCC2)C1=O. The lowest BCUT2D eigenvalue weighted by Gasteiger charge is -2.31. The van der Waals surface area contributed by atoms with Gasteiger partial charge in [-0.05, 0) is 38.8 Å². The van der Waals surface area contributed by atoms with Gasteiger partial charge in [-0.25, -0.2) is 4.79 Å². The lowest BCUT2D eigenvalue weighted by Crippen LogP contribution is -2.45.